The Kier molecular flexibility index (Phi) is 9.18. The highest BCUT2D eigenvalue weighted by Gasteiger charge is 2.16. The van der Waals surface area contributed by atoms with E-state index in [-0.39, 0.29) is 12.5 Å². The van der Waals surface area contributed by atoms with Crippen LogP contribution in [0, 0.1) is 0 Å². The van der Waals surface area contributed by atoms with Gasteiger partial charge in [-0.15, -0.1) is 0 Å². The molecule has 1 heterocycles. The molecule has 0 atom stereocenters. The van der Waals surface area contributed by atoms with Gasteiger partial charge in [0.2, 0.25) is 0 Å². The minimum atomic E-state index is -0.127. The third-order valence-corrected chi connectivity index (χ3v) is 5.57. The molecule has 0 unspecified atom stereocenters. The van der Waals surface area contributed by atoms with Gasteiger partial charge in [-0.3, -0.25) is 9.69 Å². The molecule has 6 heteroatoms. The molecule has 0 spiro atoms. The monoisotopic (exact) mass is 425 g/mol. The zero-order valence-corrected chi connectivity index (χ0v) is 18.8. The fourth-order valence-electron chi connectivity index (χ4n) is 3.63. The fraction of sp³-hybridized carbons (Fsp3) is 0.480. The van der Waals surface area contributed by atoms with Gasteiger partial charge in [-0.2, -0.15) is 0 Å². The molecule has 0 bridgehead atoms. The number of nitrogens with zero attached hydrogens (tertiary/aromatic N) is 2. The van der Waals surface area contributed by atoms with Crippen LogP contribution in [-0.2, 0) is 17.9 Å². The molecule has 168 valence electrons. The summed E-state index contributed by atoms with van der Waals surface area (Å²) < 4.78 is 11.2. The summed E-state index contributed by atoms with van der Waals surface area (Å²) in [5.41, 5.74) is 2.43. The Labute approximate surface area is 186 Å². The molecule has 1 N–H and O–H groups in total. The Bertz CT molecular complexity index is 802. The summed E-state index contributed by atoms with van der Waals surface area (Å²) in [7, 11) is 0. The minimum absolute atomic E-state index is 0.00366. The van der Waals surface area contributed by atoms with E-state index in [0.29, 0.717) is 18.9 Å². The fourth-order valence-corrected chi connectivity index (χ4v) is 3.63. The van der Waals surface area contributed by atoms with Crippen molar-refractivity contribution in [1.29, 1.82) is 0 Å². The Morgan fingerprint density at radius 1 is 0.871 bits per heavy atom. The predicted molar refractivity (Wildman–Crippen MR) is 123 cm³/mol. The van der Waals surface area contributed by atoms with Crippen LogP contribution < -0.4 is 14.8 Å². The van der Waals surface area contributed by atoms with Crippen LogP contribution in [0.25, 0.3) is 0 Å². The quantitative estimate of drug-likeness (QED) is 0.599. The number of rotatable bonds is 11. The summed E-state index contributed by atoms with van der Waals surface area (Å²) in [6.45, 7) is 12.0. The van der Waals surface area contributed by atoms with Crippen LogP contribution in [0.1, 0.15) is 31.4 Å². The lowest BCUT2D eigenvalue weighted by molar-refractivity contribution is -0.123. The van der Waals surface area contributed by atoms with Crippen LogP contribution >= 0.6 is 0 Å². The van der Waals surface area contributed by atoms with Crippen molar-refractivity contribution in [1.82, 2.24) is 15.1 Å². The lowest BCUT2D eigenvalue weighted by atomic mass is 10.1. The summed E-state index contributed by atoms with van der Waals surface area (Å²) in [6.07, 6.45) is 0.969. The van der Waals surface area contributed by atoms with Gasteiger partial charge in [0.05, 0.1) is 6.61 Å². The molecule has 1 fully saturated rings. The average Bonchev–Trinajstić information content (AvgIpc) is 2.82. The van der Waals surface area contributed by atoms with Crippen molar-refractivity contribution in [2.24, 2.45) is 0 Å². The van der Waals surface area contributed by atoms with Crippen LogP contribution in [0.2, 0.25) is 0 Å². The van der Waals surface area contributed by atoms with E-state index in [9.17, 15) is 4.79 Å². The second kappa shape index (κ2) is 12.3. The first kappa shape index (κ1) is 23.1. The SMILES string of the molecule is CCCOc1ccc(OCC(=O)NCc2ccccc2CN2CCN(CC)CC2)cc1. The molecule has 3 rings (SSSR count). The molecule has 0 aliphatic carbocycles. The van der Waals surface area contributed by atoms with E-state index in [1.54, 1.807) is 0 Å². The smallest absolute Gasteiger partial charge is 0.258 e. The van der Waals surface area contributed by atoms with Crippen LogP contribution in [0.4, 0.5) is 0 Å². The van der Waals surface area contributed by atoms with Crippen molar-refractivity contribution in [3.05, 3.63) is 59.7 Å². The van der Waals surface area contributed by atoms with Crippen molar-refractivity contribution in [3.63, 3.8) is 0 Å². The highest BCUT2D eigenvalue weighted by Crippen LogP contribution is 2.18. The topological polar surface area (TPSA) is 54.0 Å². The number of ether oxygens (including phenoxy) is 2. The number of likely N-dealkylation sites (N-methyl/N-ethyl adjacent to an activating group) is 1. The van der Waals surface area contributed by atoms with Crippen LogP contribution in [0.3, 0.4) is 0 Å². The van der Waals surface area contributed by atoms with Crippen molar-refractivity contribution in [2.75, 3.05) is 45.9 Å². The Hall–Kier alpha value is -2.57. The Morgan fingerprint density at radius 2 is 1.48 bits per heavy atom. The second-order valence-electron chi connectivity index (χ2n) is 7.86. The van der Waals surface area contributed by atoms with Gasteiger partial charge in [0, 0.05) is 39.3 Å². The van der Waals surface area contributed by atoms with Gasteiger partial charge >= 0.3 is 0 Å². The average molecular weight is 426 g/mol. The number of hydrogen-bond acceptors (Lipinski definition) is 5. The molecule has 31 heavy (non-hydrogen) atoms. The molecule has 0 saturated carbocycles. The molecule has 6 nitrogen and oxygen atoms in total. The summed E-state index contributed by atoms with van der Waals surface area (Å²) in [6, 6.07) is 15.7. The molecule has 1 saturated heterocycles. The first-order chi connectivity index (χ1) is 15.2. The van der Waals surface area contributed by atoms with Gasteiger partial charge in [0.15, 0.2) is 6.61 Å². The van der Waals surface area contributed by atoms with E-state index >= 15 is 0 Å². The van der Waals surface area contributed by atoms with E-state index in [0.717, 1.165) is 57.0 Å². The lowest BCUT2D eigenvalue weighted by Gasteiger charge is -2.34. The zero-order valence-electron chi connectivity index (χ0n) is 18.8. The minimum Gasteiger partial charge on any atom is -0.494 e. The third kappa shape index (κ3) is 7.56. The summed E-state index contributed by atoms with van der Waals surface area (Å²) in [4.78, 5) is 17.3. The van der Waals surface area contributed by atoms with Gasteiger partial charge in [-0.1, -0.05) is 38.1 Å². The second-order valence-corrected chi connectivity index (χ2v) is 7.86. The maximum Gasteiger partial charge on any atom is 0.258 e. The van der Waals surface area contributed by atoms with E-state index in [4.69, 9.17) is 9.47 Å². The Balaban J connectivity index is 1.44. The molecular formula is C25H35N3O3. The third-order valence-electron chi connectivity index (χ3n) is 5.57. The molecule has 2 aromatic carbocycles. The van der Waals surface area contributed by atoms with Crippen LogP contribution in [0.5, 0.6) is 11.5 Å². The van der Waals surface area contributed by atoms with E-state index in [2.05, 4.69) is 47.2 Å². The van der Waals surface area contributed by atoms with Crippen LogP contribution in [0.15, 0.2) is 48.5 Å². The highest BCUT2D eigenvalue weighted by atomic mass is 16.5. The van der Waals surface area contributed by atoms with Crippen molar-refractivity contribution < 1.29 is 14.3 Å². The van der Waals surface area contributed by atoms with Gasteiger partial charge < -0.3 is 19.7 Å². The zero-order chi connectivity index (χ0) is 21.9. The number of benzene rings is 2. The standard InChI is InChI=1S/C25H35N3O3/c1-3-17-30-23-9-11-24(12-10-23)31-20-25(29)26-18-21-7-5-6-8-22(21)19-28-15-13-27(4-2)14-16-28/h5-12H,3-4,13-20H2,1-2H3,(H,26,29). The number of amides is 1. The first-order valence-corrected chi connectivity index (χ1v) is 11.3. The first-order valence-electron chi connectivity index (χ1n) is 11.3. The lowest BCUT2D eigenvalue weighted by Crippen LogP contribution is -2.45. The van der Waals surface area contributed by atoms with Crippen molar-refractivity contribution >= 4 is 5.91 Å². The number of nitrogens with one attached hydrogen (secondary N) is 1. The molecule has 2 aromatic rings. The van der Waals surface area contributed by atoms with E-state index < -0.39 is 0 Å². The number of carbonyl (C=O) groups excluding carboxylic acids is 1. The maximum absolute atomic E-state index is 12.3. The number of carbonyl (C=O) groups is 1. The van der Waals surface area contributed by atoms with Gasteiger partial charge in [-0.25, -0.2) is 0 Å². The number of hydrogen-bond donors (Lipinski definition) is 1. The van der Waals surface area contributed by atoms with E-state index in [1.165, 1.54) is 5.56 Å². The predicted octanol–water partition coefficient (Wildman–Crippen LogP) is 3.31. The highest BCUT2D eigenvalue weighted by molar-refractivity contribution is 5.77. The molecule has 1 amide bonds. The molecule has 0 radical (unpaired) electrons. The molecule has 0 aromatic heterocycles. The summed E-state index contributed by atoms with van der Waals surface area (Å²) in [5, 5.41) is 2.99. The normalized spacial score (nSPS) is 14.9. The van der Waals surface area contributed by atoms with Crippen molar-refractivity contribution in [2.45, 2.75) is 33.4 Å². The summed E-state index contributed by atoms with van der Waals surface area (Å²) >= 11 is 0. The molecule has 1 aliphatic heterocycles. The largest absolute Gasteiger partial charge is 0.494 e. The van der Waals surface area contributed by atoms with Gasteiger partial charge in [0.1, 0.15) is 11.5 Å². The molecular weight excluding hydrogens is 390 g/mol. The number of piperazine rings is 1. The van der Waals surface area contributed by atoms with Crippen molar-refractivity contribution in [3.8, 4) is 11.5 Å². The Morgan fingerprint density at radius 3 is 2.13 bits per heavy atom. The molecule has 1 aliphatic rings. The maximum atomic E-state index is 12.3. The summed E-state index contributed by atoms with van der Waals surface area (Å²) in [5.74, 6) is 1.34. The van der Waals surface area contributed by atoms with Gasteiger partial charge in [-0.05, 0) is 48.4 Å². The van der Waals surface area contributed by atoms with Crippen LogP contribution in [-0.4, -0.2) is 61.6 Å². The van der Waals surface area contributed by atoms with E-state index in [1.807, 2.05) is 30.3 Å². The van der Waals surface area contributed by atoms with Gasteiger partial charge in [0.25, 0.3) is 5.91 Å².